The highest BCUT2D eigenvalue weighted by atomic mass is 32.1. The van der Waals surface area contributed by atoms with Crippen LogP contribution in [0.25, 0.3) is 0 Å². The molecule has 2 heterocycles. The summed E-state index contributed by atoms with van der Waals surface area (Å²) in [5, 5.41) is 7.47. The van der Waals surface area contributed by atoms with Gasteiger partial charge in [0.25, 0.3) is 0 Å². The summed E-state index contributed by atoms with van der Waals surface area (Å²) in [6, 6.07) is 2.07. The Kier molecular flexibility index (Phi) is 3.08. The zero-order valence-electron chi connectivity index (χ0n) is 7.68. The van der Waals surface area contributed by atoms with Crippen LogP contribution in [0.1, 0.15) is 5.69 Å². The standard InChI is InChI=1S/C10H11N3S/c1(9-7-11-4-5-13-9)3-12-10-2-6-14-8-10/h2,4-8,12H,1,3H2. The molecule has 0 saturated heterocycles. The SMILES string of the molecule is c1cnc(CCNc2ccsc2)cn1. The van der Waals surface area contributed by atoms with Crippen molar-refractivity contribution in [2.24, 2.45) is 0 Å². The fourth-order valence-corrected chi connectivity index (χ4v) is 1.77. The van der Waals surface area contributed by atoms with Crippen molar-refractivity contribution < 1.29 is 0 Å². The summed E-state index contributed by atoms with van der Waals surface area (Å²) in [6.07, 6.45) is 6.12. The van der Waals surface area contributed by atoms with Gasteiger partial charge in [-0.1, -0.05) is 0 Å². The van der Waals surface area contributed by atoms with Gasteiger partial charge < -0.3 is 5.32 Å². The molecule has 0 unspecified atom stereocenters. The average molecular weight is 205 g/mol. The van der Waals surface area contributed by atoms with Crippen LogP contribution in [0, 0.1) is 0 Å². The Bertz CT molecular complexity index is 358. The van der Waals surface area contributed by atoms with Gasteiger partial charge in [0.1, 0.15) is 0 Å². The van der Waals surface area contributed by atoms with Crippen molar-refractivity contribution in [2.45, 2.75) is 6.42 Å². The molecular weight excluding hydrogens is 194 g/mol. The quantitative estimate of drug-likeness (QED) is 0.831. The molecule has 3 nitrogen and oxygen atoms in total. The molecule has 1 N–H and O–H groups in total. The largest absolute Gasteiger partial charge is 0.384 e. The van der Waals surface area contributed by atoms with Crippen molar-refractivity contribution in [3.63, 3.8) is 0 Å². The molecule has 0 amide bonds. The van der Waals surface area contributed by atoms with Gasteiger partial charge in [-0.05, 0) is 11.4 Å². The van der Waals surface area contributed by atoms with E-state index in [0.717, 1.165) is 18.7 Å². The van der Waals surface area contributed by atoms with Gasteiger partial charge >= 0.3 is 0 Å². The lowest BCUT2D eigenvalue weighted by Crippen LogP contribution is -2.05. The normalized spacial score (nSPS) is 10.0. The molecule has 4 heteroatoms. The second-order valence-electron chi connectivity index (χ2n) is 2.89. The molecule has 0 bridgehead atoms. The van der Waals surface area contributed by atoms with Gasteiger partial charge in [-0.3, -0.25) is 9.97 Å². The second-order valence-corrected chi connectivity index (χ2v) is 3.67. The van der Waals surface area contributed by atoms with Crippen LogP contribution >= 0.6 is 11.3 Å². The number of hydrogen-bond acceptors (Lipinski definition) is 4. The van der Waals surface area contributed by atoms with E-state index in [1.165, 1.54) is 5.69 Å². The predicted octanol–water partition coefficient (Wildman–Crippen LogP) is 2.19. The minimum Gasteiger partial charge on any atom is -0.384 e. The molecule has 72 valence electrons. The lowest BCUT2D eigenvalue weighted by atomic mass is 10.3. The fraction of sp³-hybridized carbons (Fsp3) is 0.200. The van der Waals surface area contributed by atoms with E-state index in [1.807, 2.05) is 0 Å². The van der Waals surface area contributed by atoms with E-state index in [0.29, 0.717) is 0 Å². The molecule has 0 aliphatic heterocycles. The molecular formula is C10H11N3S. The number of anilines is 1. The first-order valence-electron chi connectivity index (χ1n) is 4.46. The van der Waals surface area contributed by atoms with E-state index >= 15 is 0 Å². The lowest BCUT2D eigenvalue weighted by molar-refractivity contribution is 0.942. The van der Waals surface area contributed by atoms with Crippen LogP contribution in [0.5, 0.6) is 0 Å². The van der Waals surface area contributed by atoms with E-state index in [9.17, 15) is 0 Å². The van der Waals surface area contributed by atoms with Crippen LogP contribution in [-0.2, 0) is 6.42 Å². The molecule has 0 saturated carbocycles. The van der Waals surface area contributed by atoms with Crippen LogP contribution in [0.15, 0.2) is 35.4 Å². The smallest absolute Gasteiger partial charge is 0.0604 e. The first-order valence-corrected chi connectivity index (χ1v) is 5.40. The first-order chi connectivity index (χ1) is 6.95. The first kappa shape index (κ1) is 9.15. The van der Waals surface area contributed by atoms with Gasteiger partial charge in [-0.25, -0.2) is 0 Å². The molecule has 2 aromatic heterocycles. The summed E-state index contributed by atoms with van der Waals surface area (Å²) in [4.78, 5) is 8.21. The zero-order valence-corrected chi connectivity index (χ0v) is 8.50. The van der Waals surface area contributed by atoms with Gasteiger partial charge in [0.05, 0.1) is 5.69 Å². The minimum atomic E-state index is 0.898. The van der Waals surface area contributed by atoms with Crippen molar-refractivity contribution in [3.8, 4) is 0 Å². The molecule has 0 fully saturated rings. The molecule has 0 aliphatic carbocycles. The number of thiophene rings is 1. The Morgan fingerprint density at radius 2 is 2.36 bits per heavy atom. The Balaban J connectivity index is 1.79. The molecule has 0 aromatic carbocycles. The third-order valence-corrected chi connectivity index (χ3v) is 2.53. The Morgan fingerprint density at radius 1 is 1.36 bits per heavy atom. The van der Waals surface area contributed by atoms with Crippen LogP contribution in [0.3, 0.4) is 0 Å². The van der Waals surface area contributed by atoms with Crippen LogP contribution in [0.2, 0.25) is 0 Å². The second kappa shape index (κ2) is 4.72. The van der Waals surface area contributed by atoms with E-state index in [2.05, 4.69) is 32.1 Å². The Labute approximate surface area is 86.8 Å². The molecule has 0 aliphatic rings. The van der Waals surface area contributed by atoms with Crippen molar-refractivity contribution in [1.29, 1.82) is 0 Å². The predicted molar refractivity (Wildman–Crippen MR) is 58.5 cm³/mol. The van der Waals surface area contributed by atoms with E-state index in [-0.39, 0.29) is 0 Å². The van der Waals surface area contributed by atoms with Crippen LogP contribution in [0.4, 0.5) is 5.69 Å². The molecule has 2 rings (SSSR count). The number of aromatic nitrogens is 2. The maximum atomic E-state index is 4.20. The molecule has 0 spiro atoms. The van der Waals surface area contributed by atoms with Gasteiger partial charge in [-0.15, -0.1) is 0 Å². The Hall–Kier alpha value is -1.42. The summed E-state index contributed by atoms with van der Waals surface area (Å²) in [7, 11) is 0. The van der Waals surface area contributed by atoms with E-state index in [1.54, 1.807) is 29.9 Å². The summed E-state index contributed by atoms with van der Waals surface area (Å²) in [5.74, 6) is 0. The topological polar surface area (TPSA) is 37.8 Å². The van der Waals surface area contributed by atoms with E-state index < -0.39 is 0 Å². The summed E-state index contributed by atoms with van der Waals surface area (Å²) < 4.78 is 0. The van der Waals surface area contributed by atoms with Gasteiger partial charge in [0, 0.05) is 42.6 Å². The molecule has 14 heavy (non-hydrogen) atoms. The fourth-order valence-electron chi connectivity index (χ4n) is 1.16. The zero-order chi connectivity index (χ0) is 9.64. The van der Waals surface area contributed by atoms with Crippen LogP contribution < -0.4 is 5.32 Å². The van der Waals surface area contributed by atoms with Gasteiger partial charge in [0.2, 0.25) is 0 Å². The highest BCUT2D eigenvalue weighted by Gasteiger charge is 1.94. The molecule has 0 atom stereocenters. The number of rotatable bonds is 4. The third-order valence-electron chi connectivity index (χ3n) is 1.85. The van der Waals surface area contributed by atoms with E-state index in [4.69, 9.17) is 0 Å². The molecule has 2 aromatic rings. The van der Waals surface area contributed by atoms with Gasteiger partial charge in [-0.2, -0.15) is 11.3 Å². The summed E-state index contributed by atoms with van der Waals surface area (Å²) in [5.41, 5.74) is 2.20. The van der Waals surface area contributed by atoms with Gasteiger partial charge in [0.15, 0.2) is 0 Å². The average Bonchev–Trinajstić information content (AvgIpc) is 2.72. The summed E-state index contributed by atoms with van der Waals surface area (Å²) >= 11 is 1.70. The van der Waals surface area contributed by atoms with Crippen molar-refractivity contribution >= 4 is 17.0 Å². The lowest BCUT2D eigenvalue weighted by Gasteiger charge is -2.02. The highest BCUT2D eigenvalue weighted by Crippen LogP contribution is 2.11. The third kappa shape index (κ3) is 2.53. The van der Waals surface area contributed by atoms with Crippen LogP contribution in [-0.4, -0.2) is 16.5 Å². The summed E-state index contributed by atoms with van der Waals surface area (Å²) in [6.45, 7) is 0.898. The maximum absolute atomic E-state index is 4.20. The minimum absolute atomic E-state index is 0.898. The van der Waals surface area contributed by atoms with Crippen molar-refractivity contribution in [3.05, 3.63) is 41.1 Å². The monoisotopic (exact) mass is 205 g/mol. The van der Waals surface area contributed by atoms with Crippen molar-refractivity contribution in [1.82, 2.24) is 9.97 Å². The number of nitrogens with zero attached hydrogens (tertiary/aromatic N) is 2. The maximum Gasteiger partial charge on any atom is 0.0604 e. The Morgan fingerprint density at radius 3 is 3.07 bits per heavy atom. The molecule has 0 radical (unpaired) electrons. The number of hydrogen-bond donors (Lipinski definition) is 1. The van der Waals surface area contributed by atoms with Crippen molar-refractivity contribution in [2.75, 3.05) is 11.9 Å². The number of nitrogens with one attached hydrogen (secondary N) is 1. The highest BCUT2D eigenvalue weighted by molar-refractivity contribution is 7.08.